The van der Waals surface area contributed by atoms with E-state index >= 15 is 0 Å². The standard InChI is InChI=1S/C22H22F3N5O2/c23-22(24,25)32-17-8-6-15(7-9-17)21(19-28-11-2-12-30(19)20(27)29-21)16-4-1-3-14(13-16)5-10-18(26)31/h1,3-4,6-9,13H,2,5,10-12H2,(H2,26,31)(H2,27,29). The van der Waals surface area contributed by atoms with Gasteiger partial charge in [0, 0.05) is 19.5 Å². The smallest absolute Gasteiger partial charge is 0.406 e. The number of nitrogens with zero attached hydrogens (tertiary/aromatic N) is 3. The lowest BCUT2D eigenvalue weighted by Gasteiger charge is -2.33. The molecule has 2 heterocycles. The van der Waals surface area contributed by atoms with E-state index in [1.54, 1.807) is 0 Å². The molecule has 0 bridgehead atoms. The van der Waals surface area contributed by atoms with E-state index in [4.69, 9.17) is 21.5 Å². The molecule has 168 valence electrons. The zero-order valence-corrected chi connectivity index (χ0v) is 17.1. The van der Waals surface area contributed by atoms with Crippen molar-refractivity contribution in [2.45, 2.75) is 31.2 Å². The van der Waals surface area contributed by atoms with Crippen LogP contribution in [0.5, 0.6) is 5.75 Å². The van der Waals surface area contributed by atoms with Crippen molar-refractivity contribution < 1.29 is 22.7 Å². The van der Waals surface area contributed by atoms with Crippen molar-refractivity contribution in [1.82, 2.24) is 4.90 Å². The summed E-state index contributed by atoms with van der Waals surface area (Å²) in [7, 11) is 0. The molecule has 2 aliphatic heterocycles. The normalized spacial score (nSPS) is 20.4. The fraction of sp³-hybridized carbons (Fsp3) is 0.318. The molecule has 2 aromatic carbocycles. The van der Waals surface area contributed by atoms with E-state index in [2.05, 4.69) is 4.74 Å². The second-order valence-corrected chi connectivity index (χ2v) is 7.63. The zero-order valence-electron chi connectivity index (χ0n) is 17.1. The zero-order chi connectivity index (χ0) is 22.9. The van der Waals surface area contributed by atoms with Crippen LogP contribution in [0.15, 0.2) is 58.5 Å². The largest absolute Gasteiger partial charge is 0.573 e. The van der Waals surface area contributed by atoms with Crippen LogP contribution in [0, 0.1) is 0 Å². The summed E-state index contributed by atoms with van der Waals surface area (Å²) in [6, 6.07) is 13.1. The molecule has 2 aliphatic rings. The molecule has 0 saturated carbocycles. The summed E-state index contributed by atoms with van der Waals surface area (Å²) < 4.78 is 41.8. The molecule has 10 heteroatoms. The average Bonchev–Trinajstić information content (AvgIpc) is 3.06. The molecule has 0 saturated heterocycles. The van der Waals surface area contributed by atoms with Crippen LogP contribution < -0.4 is 16.2 Å². The van der Waals surface area contributed by atoms with Crippen LogP contribution in [0.3, 0.4) is 0 Å². The first-order valence-corrected chi connectivity index (χ1v) is 10.1. The minimum atomic E-state index is -4.78. The van der Waals surface area contributed by atoms with E-state index in [0.29, 0.717) is 36.9 Å². The first-order valence-electron chi connectivity index (χ1n) is 10.1. The second kappa shape index (κ2) is 8.18. The van der Waals surface area contributed by atoms with E-state index in [-0.39, 0.29) is 12.2 Å². The number of nitrogens with two attached hydrogens (primary N) is 2. The highest BCUT2D eigenvalue weighted by Gasteiger charge is 2.49. The predicted octanol–water partition coefficient (Wildman–Crippen LogP) is 2.68. The van der Waals surface area contributed by atoms with Gasteiger partial charge in [0.1, 0.15) is 11.6 Å². The van der Waals surface area contributed by atoms with Crippen LogP contribution in [0.4, 0.5) is 13.2 Å². The molecule has 0 fully saturated rings. The SMILES string of the molecule is NC(=O)CCc1cccc(C2(c3ccc(OC(F)(F)F)cc3)N=C(N)N3CCCN=C32)c1. The minimum Gasteiger partial charge on any atom is -0.406 e. The van der Waals surface area contributed by atoms with Crippen LogP contribution in [0.25, 0.3) is 0 Å². The lowest BCUT2D eigenvalue weighted by Crippen LogP contribution is -2.46. The molecule has 1 unspecified atom stereocenters. The van der Waals surface area contributed by atoms with Gasteiger partial charge in [-0.05, 0) is 41.7 Å². The third kappa shape index (κ3) is 4.12. The number of amidine groups is 1. The fourth-order valence-electron chi connectivity index (χ4n) is 4.09. The Bertz CT molecular complexity index is 1080. The summed E-state index contributed by atoms with van der Waals surface area (Å²) >= 11 is 0. The number of aryl methyl sites for hydroxylation is 1. The maximum absolute atomic E-state index is 12.6. The summed E-state index contributed by atoms with van der Waals surface area (Å²) in [5.74, 6) is 0.180. The summed E-state index contributed by atoms with van der Waals surface area (Å²) in [5, 5.41) is 0. The molecule has 1 amide bonds. The third-order valence-corrected chi connectivity index (χ3v) is 5.45. The number of halogens is 3. The molecule has 1 atom stereocenters. The average molecular weight is 445 g/mol. The van der Waals surface area contributed by atoms with Crippen LogP contribution in [-0.2, 0) is 16.8 Å². The third-order valence-electron chi connectivity index (χ3n) is 5.45. The van der Waals surface area contributed by atoms with Gasteiger partial charge in [-0.2, -0.15) is 0 Å². The first-order chi connectivity index (χ1) is 15.2. The van der Waals surface area contributed by atoms with Crippen molar-refractivity contribution in [3.63, 3.8) is 0 Å². The highest BCUT2D eigenvalue weighted by atomic mass is 19.4. The van der Waals surface area contributed by atoms with E-state index in [0.717, 1.165) is 17.5 Å². The van der Waals surface area contributed by atoms with Gasteiger partial charge in [-0.15, -0.1) is 13.2 Å². The number of alkyl halides is 3. The Balaban J connectivity index is 1.82. The number of primary amides is 1. The lowest BCUT2D eigenvalue weighted by molar-refractivity contribution is -0.274. The molecule has 0 aromatic heterocycles. The molecule has 7 nitrogen and oxygen atoms in total. The van der Waals surface area contributed by atoms with Crippen molar-refractivity contribution in [3.05, 3.63) is 65.2 Å². The van der Waals surface area contributed by atoms with Crippen molar-refractivity contribution in [2.75, 3.05) is 13.1 Å². The number of hydrogen-bond acceptors (Lipinski definition) is 6. The van der Waals surface area contributed by atoms with Gasteiger partial charge in [0.2, 0.25) is 5.91 Å². The van der Waals surface area contributed by atoms with Crippen LogP contribution >= 0.6 is 0 Å². The van der Waals surface area contributed by atoms with Crippen molar-refractivity contribution in [2.24, 2.45) is 21.5 Å². The van der Waals surface area contributed by atoms with Gasteiger partial charge in [0.05, 0.1) is 0 Å². The van der Waals surface area contributed by atoms with Crippen molar-refractivity contribution >= 4 is 17.7 Å². The number of carbonyl (C=O) groups excluding carboxylic acids is 1. The van der Waals surface area contributed by atoms with E-state index in [9.17, 15) is 18.0 Å². The summed E-state index contributed by atoms with van der Waals surface area (Å²) in [6.45, 7) is 1.24. The van der Waals surface area contributed by atoms with Crippen molar-refractivity contribution in [1.29, 1.82) is 0 Å². The maximum Gasteiger partial charge on any atom is 0.573 e. The molecular formula is C22H22F3N5O2. The molecule has 4 rings (SSSR count). The fourth-order valence-corrected chi connectivity index (χ4v) is 4.09. The number of guanidine groups is 1. The number of amides is 1. The maximum atomic E-state index is 12.6. The van der Waals surface area contributed by atoms with Crippen LogP contribution in [0.1, 0.15) is 29.5 Å². The van der Waals surface area contributed by atoms with E-state index in [1.165, 1.54) is 24.3 Å². The summed E-state index contributed by atoms with van der Waals surface area (Å²) in [4.78, 5) is 22.5. The molecule has 32 heavy (non-hydrogen) atoms. The monoisotopic (exact) mass is 445 g/mol. The highest BCUT2D eigenvalue weighted by molar-refractivity contribution is 6.12. The molecule has 0 aliphatic carbocycles. The van der Waals surface area contributed by atoms with Gasteiger partial charge < -0.3 is 16.2 Å². The first kappa shape index (κ1) is 21.7. The van der Waals surface area contributed by atoms with Crippen LogP contribution in [-0.4, -0.2) is 42.1 Å². The Labute approximate surface area is 182 Å². The van der Waals surface area contributed by atoms with Crippen LogP contribution in [0.2, 0.25) is 0 Å². The molecule has 0 radical (unpaired) electrons. The lowest BCUT2D eigenvalue weighted by atomic mass is 9.81. The number of rotatable bonds is 6. The van der Waals surface area contributed by atoms with Gasteiger partial charge in [0.25, 0.3) is 0 Å². The Hall–Kier alpha value is -3.56. The summed E-state index contributed by atoms with van der Waals surface area (Å²) in [5.41, 5.74) is 12.6. The topological polar surface area (TPSA) is 106 Å². The minimum absolute atomic E-state index is 0.193. The summed E-state index contributed by atoms with van der Waals surface area (Å²) in [6.07, 6.45) is -3.33. The molecule has 0 spiro atoms. The molecule has 4 N–H and O–H groups in total. The number of ether oxygens (including phenoxy) is 1. The van der Waals surface area contributed by atoms with E-state index < -0.39 is 17.8 Å². The highest BCUT2D eigenvalue weighted by Crippen LogP contribution is 2.42. The van der Waals surface area contributed by atoms with E-state index in [1.807, 2.05) is 29.2 Å². The number of fused-ring (bicyclic) bond motifs is 1. The molecule has 2 aromatic rings. The molecular weight excluding hydrogens is 423 g/mol. The number of hydrogen-bond donors (Lipinski definition) is 2. The Morgan fingerprint density at radius 1 is 1.16 bits per heavy atom. The van der Waals surface area contributed by atoms with Gasteiger partial charge in [-0.25, -0.2) is 4.99 Å². The number of benzene rings is 2. The quantitative estimate of drug-likeness (QED) is 0.713. The predicted molar refractivity (Wildman–Crippen MR) is 113 cm³/mol. The van der Waals surface area contributed by atoms with Gasteiger partial charge in [-0.3, -0.25) is 14.7 Å². The van der Waals surface area contributed by atoms with Crippen molar-refractivity contribution in [3.8, 4) is 5.75 Å². The Kier molecular flexibility index (Phi) is 5.53. The van der Waals surface area contributed by atoms with Gasteiger partial charge in [-0.1, -0.05) is 36.4 Å². The van der Waals surface area contributed by atoms with Gasteiger partial charge in [0.15, 0.2) is 11.5 Å². The Morgan fingerprint density at radius 2 is 1.91 bits per heavy atom. The second-order valence-electron chi connectivity index (χ2n) is 7.63. The number of aliphatic imine (C=N–C) groups is 2. The Morgan fingerprint density at radius 3 is 2.59 bits per heavy atom. The number of carbonyl (C=O) groups is 1. The van der Waals surface area contributed by atoms with Gasteiger partial charge >= 0.3 is 6.36 Å².